The lowest BCUT2D eigenvalue weighted by Crippen LogP contribution is -2.43. The van der Waals surface area contributed by atoms with Crippen LogP contribution < -0.4 is 9.62 Å². The van der Waals surface area contributed by atoms with Crippen molar-refractivity contribution in [3.05, 3.63) is 95.6 Å². The molecule has 184 valence electrons. The molecule has 3 aromatic carbocycles. The second-order valence-electron chi connectivity index (χ2n) is 8.92. The standard InChI is InChI=1S/C27H32N4O3S/c1-29-14-16-31(17-15-29)21-23-9-6-8-22(18-23)20-28-27(32)24-10-7-13-26(19-24)35(33,34)30(2)25-11-4-3-5-12-25/h3-13,18-19H,14-17,20-21H2,1-2H3,(H,28,32). The Balaban J connectivity index is 1.40. The summed E-state index contributed by atoms with van der Waals surface area (Å²) in [6.45, 7) is 5.52. The predicted molar refractivity (Wildman–Crippen MR) is 139 cm³/mol. The summed E-state index contributed by atoms with van der Waals surface area (Å²) >= 11 is 0. The Morgan fingerprint density at radius 3 is 2.31 bits per heavy atom. The molecule has 0 spiro atoms. The van der Waals surface area contributed by atoms with Gasteiger partial charge in [-0.15, -0.1) is 0 Å². The molecule has 1 fully saturated rings. The van der Waals surface area contributed by atoms with E-state index in [0.29, 0.717) is 17.8 Å². The van der Waals surface area contributed by atoms with Gasteiger partial charge in [0.25, 0.3) is 15.9 Å². The first-order chi connectivity index (χ1) is 16.8. The van der Waals surface area contributed by atoms with Gasteiger partial charge in [0.15, 0.2) is 0 Å². The molecule has 1 saturated heterocycles. The highest BCUT2D eigenvalue weighted by molar-refractivity contribution is 7.92. The van der Waals surface area contributed by atoms with Crippen LogP contribution in [0.1, 0.15) is 21.5 Å². The molecule has 0 bridgehead atoms. The van der Waals surface area contributed by atoms with Crippen molar-refractivity contribution in [3.63, 3.8) is 0 Å². The van der Waals surface area contributed by atoms with Crippen molar-refractivity contribution in [2.45, 2.75) is 18.0 Å². The van der Waals surface area contributed by atoms with Crippen LogP contribution >= 0.6 is 0 Å². The van der Waals surface area contributed by atoms with Gasteiger partial charge in [-0.1, -0.05) is 48.5 Å². The summed E-state index contributed by atoms with van der Waals surface area (Å²) in [4.78, 5) is 17.7. The first-order valence-corrected chi connectivity index (χ1v) is 13.2. The fourth-order valence-electron chi connectivity index (χ4n) is 4.12. The van der Waals surface area contributed by atoms with Crippen molar-refractivity contribution in [1.82, 2.24) is 15.1 Å². The number of nitrogens with zero attached hydrogens (tertiary/aromatic N) is 3. The number of rotatable bonds is 8. The van der Waals surface area contributed by atoms with E-state index >= 15 is 0 Å². The van der Waals surface area contributed by atoms with Crippen LogP contribution in [-0.2, 0) is 23.1 Å². The van der Waals surface area contributed by atoms with E-state index in [1.807, 2.05) is 18.2 Å². The van der Waals surface area contributed by atoms with Crippen LogP contribution in [0, 0.1) is 0 Å². The van der Waals surface area contributed by atoms with Crippen molar-refractivity contribution in [2.75, 3.05) is 44.6 Å². The molecule has 1 aliphatic heterocycles. The SMILES string of the molecule is CN1CCN(Cc2cccc(CNC(=O)c3cccc(S(=O)(=O)N(C)c4ccccc4)c3)c2)CC1. The summed E-state index contributed by atoms with van der Waals surface area (Å²) < 4.78 is 27.4. The van der Waals surface area contributed by atoms with Crippen LogP contribution in [0.4, 0.5) is 5.69 Å². The molecule has 1 N–H and O–H groups in total. The van der Waals surface area contributed by atoms with Crippen LogP contribution in [0.15, 0.2) is 83.8 Å². The van der Waals surface area contributed by atoms with E-state index in [1.54, 1.807) is 36.4 Å². The molecule has 4 rings (SSSR count). The summed E-state index contributed by atoms with van der Waals surface area (Å²) in [6, 6.07) is 23.2. The van der Waals surface area contributed by atoms with E-state index < -0.39 is 10.0 Å². The highest BCUT2D eigenvalue weighted by Crippen LogP contribution is 2.22. The summed E-state index contributed by atoms with van der Waals surface area (Å²) in [5.41, 5.74) is 3.09. The third kappa shape index (κ3) is 6.28. The zero-order valence-corrected chi connectivity index (χ0v) is 21.0. The predicted octanol–water partition coefficient (Wildman–Crippen LogP) is 3.19. The van der Waals surface area contributed by atoms with Crippen molar-refractivity contribution in [1.29, 1.82) is 0 Å². The first-order valence-electron chi connectivity index (χ1n) is 11.7. The molecular formula is C27H32N4O3S. The minimum Gasteiger partial charge on any atom is -0.348 e. The van der Waals surface area contributed by atoms with E-state index in [4.69, 9.17) is 0 Å². The number of piperazine rings is 1. The van der Waals surface area contributed by atoms with E-state index in [-0.39, 0.29) is 10.8 Å². The smallest absolute Gasteiger partial charge is 0.264 e. The molecule has 1 amide bonds. The summed E-state index contributed by atoms with van der Waals surface area (Å²) in [6.07, 6.45) is 0. The number of carbonyl (C=O) groups is 1. The highest BCUT2D eigenvalue weighted by Gasteiger charge is 2.22. The van der Waals surface area contributed by atoms with Crippen LogP contribution in [0.3, 0.4) is 0 Å². The third-order valence-corrected chi connectivity index (χ3v) is 8.10. The molecule has 3 aromatic rings. The monoisotopic (exact) mass is 492 g/mol. The van der Waals surface area contributed by atoms with Gasteiger partial charge < -0.3 is 10.2 Å². The zero-order valence-electron chi connectivity index (χ0n) is 20.2. The molecule has 8 heteroatoms. The van der Waals surface area contributed by atoms with Gasteiger partial charge in [-0.2, -0.15) is 0 Å². The lowest BCUT2D eigenvalue weighted by atomic mass is 10.1. The van der Waals surface area contributed by atoms with Gasteiger partial charge in [0, 0.05) is 51.9 Å². The molecule has 0 radical (unpaired) electrons. The van der Waals surface area contributed by atoms with Gasteiger partial charge >= 0.3 is 0 Å². The largest absolute Gasteiger partial charge is 0.348 e. The Labute approximate surface area is 208 Å². The second kappa shape index (κ2) is 11.0. The Hall–Kier alpha value is -3.20. The van der Waals surface area contributed by atoms with Gasteiger partial charge in [0.1, 0.15) is 0 Å². The minimum absolute atomic E-state index is 0.0747. The maximum absolute atomic E-state index is 13.1. The number of carbonyl (C=O) groups excluding carboxylic acids is 1. The van der Waals surface area contributed by atoms with Crippen LogP contribution in [0.5, 0.6) is 0 Å². The molecule has 1 aliphatic rings. The number of benzene rings is 3. The summed E-state index contributed by atoms with van der Waals surface area (Å²) in [5.74, 6) is -0.311. The van der Waals surface area contributed by atoms with Crippen molar-refractivity contribution < 1.29 is 13.2 Å². The summed E-state index contributed by atoms with van der Waals surface area (Å²) in [5, 5.41) is 2.92. The quantitative estimate of drug-likeness (QED) is 0.523. The van der Waals surface area contributed by atoms with Crippen LogP contribution in [0.2, 0.25) is 0 Å². The van der Waals surface area contributed by atoms with E-state index in [2.05, 4.69) is 34.3 Å². The number of hydrogen-bond donors (Lipinski definition) is 1. The molecule has 1 heterocycles. The third-order valence-electron chi connectivity index (χ3n) is 6.32. The molecule has 7 nitrogen and oxygen atoms in total. The zero-order chi connectivity index (χ0) is 24.8. The average Bonchev–Trinajstić information content (AvgIpc) is 2.89. The highest BCUT2D eigenvalue weighted by atomic mass is 32.2. The number of amides is 1. The topological polar surface area (TPSA) is 73.0 Å². The molecule has 0 unspecified atom stereocenters. The van der Waals surface area contributed by atoms with Crippen molar-refractivity contribution in [3.8, 4) is 0 Å². The maximum Gasteiger partial charge on any atom is 0.264 e. The first kappa shape index (κ1) is 24.9. The van der Waals surface area contributed by atoms with Gasteiger partial charge in [-0.25, -0.2) is 8.42 Å². The Kier molecular flexibility index (Phi) is 7.85. The second-order valence-corrected chi connectivity index (χ2v) is 10.9. The minimum atomic E-state index is -3.79. The molecular weight excluding hydrogens is 460 g/mol. The van der Waals surface area contributed by atoms with Crippen LogP contribution in [0.25, 0.3) is 0 Å². The molecule has 0 saturated carbocycles. The van der Waals surface area contributed by atoms with E-state index in [1.165, 1.54) is 29.0 Å². The number of para-hydroxylation sites is 1. The molecule has 0 aliphatic carbocycles. The van der Waals surface area contributed by atoms with Crippen molar-refractivity contribution in [2.24, 2.45) is 0 Å². The summed E-state index contributed by atoms with van der Waals surface area (Å²) in [7, 11) is -0.140. The Morgan fingerprint density at radius 2 is 1.57 bits per heavy atom. The molecule has 0 aromatic heterocycles. The van der Waals surface area contributed by atoms with Gasteiger partial charge in [0.05, 0.1) is 10.6 Å². The maximum atomic E-state index is 13.1. The number of hydrogen-bond acceptors (Lipinski definition) is 5. The number of anilines is 1. The number of likely N-dealkylation sites (N-methyl/N-ethyl adjacent to an activating group) is 1. The van der Waals surface area contributed by atoms with E-state index in [0.717, 1.165) is 38.3 Å². The normalized spacial score (nSPS) is 15.0. The molecule has 0 atom stereocenters. The number of sulfonamides is 1. The van der Waals surface area contributed by atoms with Gasteiger partial charge in [-0.05, 0) is 48.5 Å². The number of nitrogens with one attached hydrogen (secondary N) is 1. The Bertz CT molecular complexity index is 1260. The van der Waals surface area contributed by atoms with Crippen molar-refractivity contribution >= 4 is 21.6 Å². The fraction of sp³-hybridized carbons (Fsp3) is 0.296. The van der Waals surface area contributed by atoms with Gasteiger partial charge in [0.2, 0.25) is 0 Å². The average molecular weight is 493 g/mol. The van der Waals surface area contributed by atoms with Gasteiger partial charge in [-0.3, -0.25) is 14.0 Å². The lowest BCUT2D eigenvalue weighted by Gasteiger charge is -2.32. The van der Waals surface area contributed by atoms with Crippen LogP contribution in [-0.4, -0.2) is 64.4 Å². The fourth-order valence-corrected chi connectivity index (χ4v) is 5.36. The van der Waals surface area contributed by atoms with E-state index in [9.17, 15) is 13.2 Å². The Morgan fingerprint density at radius 1 is 0.886 bits per heavy atom. The lowest BCUT2D eigenvalue weighted by molar-refractivity contribution is 0.0950. The molecule has 35 heavy (non-hydrogen) atoms.